The number of halogens is 2. The first kappa shape index (κ1) is 12.9. The van der Waals surface area contributed by atoms with Gasteiger partial charge in [0.05, 0.1) is 11.6 Å². The van der Waals surface area contributed by atoms with Gasteiger partial charge in [0, 0.05) is 11.7 Å². The second-order valence-electron chi connectivity index (χ2n) is 3.71. The smallest absolute Gasteiger partial charge is 0.238 e. The molecular formula is C11H14ClFN2O. The fourth-order valence-electron chi connectivity index (χ4n) is 1.08. The molecule has 0 saturated carbocycles. The number of carbonyl (C=O) groups excluding carboxylic acids is 1. The molecule has 1 aromatic carbocycles. The van der Waals surface area contributed by atoms with Crippen molar-refractivity contribution >= 4 is 23.2 Å². The van der Waals surface area contributed by atoms with Crippen LogP contribution in [0.15, 0.2) is 18.2 Å². The van der Waals surface area contributed by atoms with Crippen molar-refractivity contribution in [3.63, 3.8) is 0 Å². The van der Waals surface area contributed by atoms with E-state index in [-0.39, 0.29) is 23.5 Å². The third-order valence-corrected chi connectivity index (χ3v) is 2.18. The van der Waals surface area contributed by atoms with E-state index in [9.17, 15) is 9.18 Å². The largest absolute Gasteiger partial charge is 0.325 e. The van der Waals surface area contributed by atoms with Crippen LogP contribution in [0.4, 0.5) is 10.1 Å². The van der Waals surface area contributed by atoms with E-state index >= 15 is 0 Å². The monoisotopic (exact) mass is 244 g/mol. The highest BCUT2D eigenvalue weighted by molar-refractivity contribution is 6.30. The molecule has 3 nitrogen and oxygen atoms in total. The molecule has 2 N–H and O–H groups in total. The summed E-state index contributed by atoms with van der Waals surface area (Å²) in [6.07, 6.45) is 0. The summed E-state index contributed by atoms with van der Waals surface area (Å²) in [7, 11) is 0. The highest BCUT2D eigenvalue weighted by Crippen LogP contribution is 2.18. The van der Waals surface area contributed by atoms with E-state index < -0.39 is 5.82 Å². The molecule has 1 aromatic rings. The molecule has 0 saturated heterocycles. The Morgan fingerprint density at radius 3 is 2.75 bits per heavy atom. The maximum absolute atomic E-state index is 13.0. The number of rotatable bonds is 4. The number of hydrogen-bond acceptors (Lipinski definition) is 2. The van der Waals surface area contributed by atoms with Crippen LogP contribution in [-0.4, -0.2) is 18.5 Å². The van der Waals surface area contributed by atoms with Gasteiger partial charge < -0.3 is 10.6 Å². The van der Waals surface area contributed by atoms with Crippen LogP contribution in [0.2, 0.25) is 5.02 Å². The molecule has 0 aliphatic carbocycles. The van der Waals surface area contributed by atoms with E-state index in [1.807, 2.05) is 13.8 Å². The van der Waals surface area contributed by atoms with Gasteiger partial charge in [-0.2, -0.15) is 0 Å². The zero-order valence-electron chi connectivity index (χ0n) is 9.18. The standard InChI is InChI=1S/C11H14ClFN2O/c1-7(2)14-6-11(16)15-8-3-4-9(12)10(13)5-8/h3-5,7,14H,6H2,1-2H3,(H,15,16). The summed E-state index contributed by atoms with van der Waals surface area (Å²) in [6, 6.07) is 4.38. The summed E-state index contributed by atoms with van der Waals surface area (Å²) in [4.78, 5) is 11.4. The zero-order chi connectivity index (χ0) is 12.1. The Morgan fingerprint density at radius 1 is 1.50 bits per heavy atom. The first-order valence-electron chi connectivity index (χ1n) is 4.97. The van der Waals surface area contributed by atoms with Gasteiger partial charge in [-0.1, -0.05) is 25.4 Å². The van der Waals surface area contributed by atoms with Crippen LogP contribution in [0.3, 0.4) is 0 Å². The lowest BCUT2D eigenvalue weighted by Gasteiger charge is -2.09. The molecule has 16 heavy (non-hydrogen) atoms. The quantitative estimate of drug-likeness (QED) is 0.854. The van der Waals surface area contributed by atoms with Gasteiger partial charge in [0.25, 0.3) is 0 Å². The zero-order valence-corrected chi connectivity index (χ0v) is 9.94. The van der Waals surface area contributed by atoms with E-state index in [0.29, 0.717) is 5.69 Å². The van der Waals surface area contributed by atoms with Crippen LogP contribution >= 0.6 is 11.6 Å². The molecule has 88 valence electrons. The number of anilines is 1. The summed E-state index contributed by atoms with van der Waals surface area (Å²) < 4.78 is 13.0. The molecule has 0 aliphatic rings. The molecule has 0 radical (unpaired) electrons. The molecule has 0 unspecified atom stereocenters. The summed E-state index contributed by atoms with van der Waals surface area (Å²) in [5.74, 6) is -0.758. The van der Waals surface area contributed by atoms with Crippen LogP contribution in [-0.2, 0) is 4.79 Å². The predicted molar refractivity (Wildman–Crippen MR) is 63.2 cm³/mol. The first-order valence-corrected chi connectivity index (χ1v) is 5.35. The molecule has 0 aliphatic heterocycles. The normalized spacial score (nSPS) is 10.6. The van der Waals surface area contributed by atoms with E-state index in [1.165, 1.54) is 12.1 Å². The summed E-state index contributed by atoms with van der Waals surface area (Å²) >= 11 is 5.52. The van der Waals surface area contributed by atoms with Crippen molar-refractivity contribution in [2.24, 2.45) is 0 Å². The molecule has 0 atom stereocenters. The van der Waals surface area contributed by atoms with Crippen molar-refractivity contribution in [1.82, 2.24) is 5.32 Å². The summed E-state index contributed by atoms with van der Waals surface area (Å²) in [5.41, 5.74) is 0.400. The minimum atomic E-state index is -0.545. The second kappa shape index (κ2) is 5.82. The third-order valence-electron chi connectivity index (χ3n) is 1.87. The van der Waals surface area contributed by atoms with Gasteiger partial charge in [-0.15, -0.1) is 0 Å². The van der Waals surface area contributed by atoms with Crippen LogP contribution in [0.1, 0.15) is 13.8 Å². The van der Waals surface area contributed by atoms with Crippen molar-refractivity contribution in [2.75, 3.05) is 11.9 Å². The first-order chi connectivity index (χ1) is 7.49. The van der Waals surface area contributed by atoms with Gasteiger partial charge in [-0.3, -0.25) is 4.79 Å². The van der Waals surface area contributed by atoms with Crippen molar-refractivity contribution in [3.05, 3.63) is 29.0 Å². The average Bonchev–Trinajstić information content (AvgIpc) is 2.21. The SMILES string of the molecule is CC(C)NCC(=O)Nc1ccc(Cl)c(F)c1. The topological polar surface area (TPSA) is 41.1 Å². The van der Waals surface area contributed by atoms with E-state index in [1.54, 1.807) is 6.07 Å². The van der Waals surface area contributed by atoms with Crippen molar-refractivity contribution in [3.8, 4) is 0 Å². The highest BCUT2D eigenvalue weighted by atomic mass is 35.5. The molecule has 0 spiro atoms. The van der Waals surface area contributed by atoms with Gasteiger partial charge in [0.1, 0.15) is 5.82 Å². The predicted octanol–water partition coefficient (Wildman–Crippen LogP) is 2.42. The van der Waals surface area contributed by atoms with Crippen LogP contribution in [0.25, 0.3) is 0 Å². The Labute approximate surface area is 99.0 Å². The lowest BCUT2D eigenvalue weighted by atomic mass is 10.3. The Morgan fingerprint density at radius 2 is 2.19 bits per heavy atom. The molecular weight excluding hydrogens is 231 g/mol. The number of nitrogens with one attached hydrogen (secondary N) is 2. The number of carbonyl (C=O) groups is 1. The summed E-state index contributed by atoms with van der Waals surface area (Å²) in [6.45, 7) is 4.08. The Hall–Kier alpha value is -1.13. The Kier molecular flexibility index (Phi) is 4.71. The van der Waals surface area contributed by atoms with Gasteiger partial charge in [0.2, 0.25) is 5.91 Å². The average molecular weight is 245 g/mol. The van der Waals surface area contributed by atoms with Gasteiger partial charge in [-0.05, 0) is 18.2 Å². The lowest BCUT2D eigenvalue weighted by Crippen LogP contribution is -2.32. The molecule has 0 heterocycles. The number of amides is 1. The Balaban J connectivity index is 2.53. The van der Waals surface area contributed by atoms with E-state index in [0.717, 1.165) is 0 Å². The van der Waals surface area contributed by atoms with Crippen LogP contribution < -0.4 is 10.6 Å². The fraction of sp³-hybridized carbons (Fsp3) is 0.364. The highest BCUT2D eigenvalue weighted by Gasteiger charge is 2.05. The molecule has 0 aromatic heterocycles. The van der Waals surface area contributed by atoms with Gasteiger partial charge in [0.15, 0.2) is 0 Å². The molecule has 0 bridgehead atoms. The van der Waals surface area contributed by atoms with Crippen molar-refractivity contribution in [1.29, 1.82) is 0 Å². The van der Waals surface area contributed by atoms with E-state index in [2.05, 4.69) is 10.6 Å². The second-order valence-corrected chi connectivity index (χ2v) is 4.12. The maximum atomic E-state index is 13.0. The van der Waals surface area contributed by atoms with Crippen LogP contribution in [0, 0.1) is 5.82 Å². The fourth-order valence-corrected chi connectivity index (χ4v) is 1.19. The van der Waals surface area contributed by atoms with Crippen molar-refractivity contribution in [2.45, 2.75) is 19.9 Å². The molecule has 5 heteroatoms. The molecule has 1 amide bonds. The Bertz CT molecular complexity index is 382. The molecule has 1 rings (SSSR count). The lowest BCUT2D eigenvalue weighted by molar-refractivity contribution is -0.115. The van der Waals surface area contributed by atoms with Gasteiger partial charge in [-0.25, -0.2) is 4.39 Å². The maximum Gasteiger partial charge on any atom is 0.238 e. The summed E-state index contributed by atoms with van der Waals surface area (Å²) in [5, 5.41) is 5.56. The van der Waals surface area contributed by atoms with Gasteiger partial charge >= 0.3 is 0 Å². The third kappa shape index (κ3) is 4.16. The minimum Gasteiger partial charge on any atom is -0.325 e. The molecule has 0 fully saturated rings. The number of hydrogen-bond donors (Lipinski definition) is 2. The minimum absolute atomic E-state index is 0.0401. The van der Waals surface area contributed by atoms with E-state index in [4.69, 9.17) is 11.6 Å². The van der Waals surface area contributed by atoms with Crippen LogP contribution in [0.5, 0.6) is 0 Å². The van der Waals surface area contributed by atoms with Crippen molar-refractivity contribution < 1.29 is 9.18 Å². The number of benzene rings is 1.